The molecule has 0 radical (unpaired) electrons. The van der Waals surface area contributed by atoms with E-state index in [0.29, 0.717) is 17.8 Å². The summed E-state index contributed by atoms with van der Waals surface area (Å²) in [7, 11) is 0. The molecular formula is C8H9N3O3S. The van der Waals surface area contributed by atoms with Crippen molar-refractivity contribution in [3.8, 4) is 0 Å². The van der Waals surface area contributed by atoms with Crippen LogP contribution in [0.5, 0.6) is 0 Å². The van der Waals surface area contributed by atoms with E-state index in [-0.39, 0.29) is 0 Å². The van der Waals surface area contributed by atoms with E-state index < -0.39 is 17.3 Å². The molecule has 0 saturated heterocycles. The molecule has 0 atom stereocenters. The summed E-state index contributed by atoms with van der Waals surface area (Å²) in [6.07, 6.45) is 2.98. The standard InChI is InChI=1S/C8H9N3O3S/c12-6(10-5-4-9-11-15-5)8(7(13)14)2-1-3-8/h4H,1-3H2,(H,10,12)(H,13,14). The van der Waals surface area contributed by atoms with Crippen LogP contribution in [0.2, 0.25) is 0 Å². The average Bonchev–Trinajstić information content (AvgIpc) is 2.53. The monoisotopic (exact) mass is 227 g/mol. The fraction of sp³-hybridized carbons (Fsp3) is 0.500. The highest BCUT2D eigenvalue weighted by atomic mass is 32.1. The number of nitrogens with zero attached hydrogens (tertiary/aromatic N) is 2. The highest BCUT2D eigenvalue weighted by Gasteiger charge is 2.51. The fourth-order valence-electron chi connectivity index (χ4n) is 1.52. The zero-order valence-electron chi connectivity index (χ0n) is 7.77. The van der Waals surface area contributed by atoms with Gasteiger partial charge in [-0.25, -0.2) is 0 Å². The number of hydrogen-bond donors (Lipinski definition) is 2. The number of nitrogens with one attached hydrogen (secondary N) is 1. The Kier molecular flexibility index (Phi) is 2.39. The van der Waals surface area contributed by atoms with Gasteiger partial charge in [0.05, 0.1) is 6.20 Å². The molecule has 1 aliphatic carbocycles. The third-order valence-electron chi connectivity index (χ3n) is 2.65. The van der Waals surface area contributed by atoms with Crippen molar-refractivity contribution in [1.29, 1.82) is 0 Å². The summed E-state index contributed by atoms with van der Waals surface area (Å²) in [6.45, 7) is 0. The number of carbonyl (C=O) groups excluding carboxylic acids is 1. The Labute approximate surface area is 89.5 Å². The fourth-order valence-corrected chi connectivity index (χ4v) is 1.94. The Bertz CT molecular complexity index is 386. The van der Waals surface area contributed by atoms with Crippen molar-refractivity contribution in [2.24, 2.45) is 5.41 Å². The van der Waals surface area contributed by atoms with Crippen molar-refractivity contribution in [2.45, 2.75) is 19.3 Å². The SMILES string of the molecule is O=C(O)C1(C(=O)Nc2cnns2)CCC1. The second kappa shape index (κ2) is 3.58. The number of hydrogen-bond acceptors (Lipinski definition) is 5. The second-order valence-electron chi connectivity index (χ2n) is 3.48. The lowest BCUT2D eigenvalue weighted by Gasteiger charge is -2.35. The number of amides is 1. The molecule has 15 heavy (non-hydrogen) atoms. The van der Waals surface area contributed by atoms with Crippen LogP contribution in [0.3, 0.4) is 0 Å². The van der Waals surface area contributed by atoms with Gasteiger partial charge in [0.15, 0.2) is 0 Å². The van der Waals surface area contributed by atoms with E-state index >= 15 is 0 Å². The van der Waals surface area contributed by atoms with Gasteiger partial charge >= 0.3 is 5.97 Å². The first-order valence-corrected chi connectivity index (χ1v) is 5.25. The maximum Gasteiger partial charge on any atom is 0.319 e. The third kappa shape index (κ3) is 1.58. The molecule has 1 fully saturated rings. The number of aromatic nitrogens is 2. The summed E-state index contributed by atoms with van der Waals surface area (Å²) in [6, 6.07) is 0. The Morgan fingerprint density at radius 2 is 2.27 bits per heavy atom. The molecule has 2 rings (SSSR count). The third-order valence-corrected chi connectivity index (χ3v) is 3.23. The predicted molar refractivity (Wildman–Crippen MR) is 52.5 cm³/mol. The van der Waals surface area contributed by atoms with Crippen molar-refractivity contribution in [3.63, 3.8) is 0 Å². The summed E-state index contributed by atoms with van der Waals surface area (Å²) in [4.78, 5) is 22.7. The zero-order valence-corrected chi connectivity index (χ0v) is 8.58. The van der Waals surface area contributed by atoms with Crippen LogP contribution < -0.4 is 5.32 Å². The topological polar surface area (TPSA) is 92.2 Å². The summed E-state index contributed by atoms with van der Waals surface area (Å²) < 4.78 is 3.58. The number of aliphatic carboxylic acids is 1. The van der Waals surface area contributed by atoms with Gasteiger partial charge < -0.3 is 10.4 Å². The first-order chi connectivity index (χ1) is 7.15. The minimum atomic E-state index is -1.23. The first-order valence-electron chi connectivity index (χ1n) is 4.47. The van der Waals surface area contributed by atoms with E-state index in [2.05, 4.69) is 14.9 Å². The maximum atomic E-state index is 11.7. The molecule has 0 aliphatic heterocycles. The average molecular weight is 227 g/mol. The smallest absolute Gasteiger partial charge is 0.319 e. The molecule has 80 valence electrons. The summed E-state index contributed by atoms with van der Waals surface area (Å²) >= 11 is 1.03. The second-order valence-corrected chi connectivity index (χ2v) is 4.26. The molecule has 0 spiro atoms. The van der Waals surface area contributed by atoms with Gasteiger partial charge in [-0.3, -0.25) is 9.59 Å². The Morgan fingerprint density at radius 1 is 1.53 bits per heavy atom. The molecule has 1 aromatic heterocycles. The Balaban J connectivity index is 2.10. The van der Waals surface area contributed by atoms with Gasteiger partial charge in [0.1, 0.15) is 10.4 Å². The van der Waals surface area contributed by atoms with Gasteiger partial charge in [0.25, 0.3) is 0 Å². The minimum Gasteiger partial charge on any atom is -0.480 e. The molecule has 1 aromatic rings. The van der Waals surface area contributed by atoms with Crippen LogP contribution in [-0.4, -0.2) is 26.6 Å². The Morgan fingerprint density at radius 3 is 2.67 bits per heavy atom. The van der Waals surface area contributed by atoms with Gasteiger partial charge in [-0.05, 0) is 12.8 Å². The summed E-state index contributed by atoms with van der Waals surface area (Å²) in [5, 5.41) is 15.5. The zero-order chi connectivity index (χ0) is 10.9. The van der Waals surface area contributed by atoms with E-state index in [0.717, 1.165) is 18.0 Å². The molecular weight excluding hydrogens is 218 g/mol. The highest BCUT2D eigenvalue weighted by molar-refractivity contribution is 7.10. The summed E-state index contributed by atoms with van der Waals surface area (Å²) in [5.74, 6) is -1.52. The summed E-state index contributed by atoms with van der Waals surface area (Å²) in [5.41, 5.74) is -1.23. The molecule has 6 nitrogen and oxygen atoms in total. The van der Waals surface area contributed by atoms with Crippen LogP contribution in [0.1, 0.15) is 19.3 Å². The predicted octanol–water partition coefficient (Wildman–Crippen LogP) is 0.731. The maximum absolute atomic E-state index is 11.7. The molecule has 0 unspecified atom stereocenters. The van der Waals surface area contributed by atoms with Gasteiger partial charge in [-0.1, -0.05) is 10.9 Å². The van der Waals surface area contributed by atoms with Crippen molar-refractivity contribution >= 4 is 28.4 Å². The van der Waals surface area contributed by atoms with Crippen molar-refractivity contribution in [2.75, 3.05) is 5.32 Å². The normalized spacial score (nSPS) is 17.9. The molecule has 1 amide bonds. The number of carboxylic acids is 1. The highest BCUT2D eigenvalue weighted by Crippen LogP contribution is 2.42. The van der Waals surface area contributed by atoms with Crippen LogP contribution in [0, 0.1) is 5.41 Å². The van der Waals surface area contributed by atoms with E-state index in [9.17, 15) is 9.59 Å². The van der Waals surface area contributed by atoms with Crippen LogP contribution >= 0.6 is 11.5 Å². The van der Waals surface area contributed by atoms with Crippen LogP contribution in [-0.2, 0) is 9.59 Å². The quantitative estimate of drug-likeness (QED) is 0.743. The number of carboxylic acid groups (broad SMARTS) is 1. The van der Waals surface area contributed by atoms with Crippen LogP contribution in [0.15, 0.2) is 6.20 Å². The van der Waals surface area contributed by atoms with Crippen molar-refractivity contribution in [3.05, 3.63) is 6.20 Å². The molecule has 1 heterocycles. The number of anilines is 1. The van der Waals surface area contributed by atoms with Gasteiger partial charge in [0, 0.05) is 11.5 Å². The largest absolute Gasteiger partial charge is 0.480 e. The lowest BCUT2D eigenvalue weighted by Crippen LogP contribution is -2.48. The van der Waals surface area contributed by atoms with Crippen LogP contribution in [0.25, 0.3) is 0 Å². The van der Waals surface area contributed by atoms with Crippen LogP contribution in [0.4, 0.5) is 5.00 Å². The van der Waals surface area contributed by atoms with E-state index in [1.807, 2.05) is 0 Å². The van der Waals surface area contributed by atoms with Crippen molar-refractivity contribution < 1.29 is 14.7 Å². The first kappa shape index (κ1) is 10.0. The minimum absolute atomic E-state index is 0.403. The van der Waals surface area contributed by atoms with Crippen molar-refractivity contribution in [1.82, 2.24) is 9.59 Å². The lowest BCUT2D eigenvalue weighted by molar-refractivity contribution is -0.159. The molecule has 2 N–H and O–H groups in total. The van der Waals surface area contributed by atoms with E-state index in [1.165, 1.54) is 6.20 Å². The van der Waals surface area contributed by atoms with Gasteiger partial charge in [-0.2, -0.15) is 0 Å². The van der Waals surface area contributed by atoms with E-state index in [4.69, 9.17) is 5.11 Å². The lowest BCUT2D eigenvalue weighted by atomic mass is 9.68. The van der Waals surface area contributed by atoms with E-state index in [1.54, 1.807) is 0 Å². The molecule has 0 aromatic carbocycles. The molecule has 1 aliphatic rings. The molecule has 0 bridgehead atoms. The number of rotatable bonds is 3. The molecule has 1 saturated carbocycles. The van der Waals surface area contributed by atoms with Gasteiger partial charge in [-0.15, -0.1) is 5.10 Å². The number of carbonyl (C=O) groups is 2. The van der Waals surface area contributed by atoms with Gasteiger partial charge in [0.2, 0.25) is 5.91 Å². The molecule has 7 heteroatoms. The Hall–Kier alpha value is -1.50.